The Morgan fingerprint density at radius 1 is 1.22 bits per heavy atom. The van der Waals surface area contributed by atoms with Gasteiger partial charge in [-0.15, -0.1) is 0 Å². The third kappa shape index (κ3) is 0.833. The van der Waals surface area contributed by atoms with Crippen molar-refractivity contribution >= 4 is 0 Å². The first-order valence-corrected chi connectivity index (χ1v) is 3.62. The third-order valence-corrected chi connectivity index (χ3v) is 2.10. The highest BCUT2D eigenvalue weighted by atomic mass is 15.1. The smallest absolute Gasteiger partial charge is 0.0652 e. The predicted octanol–water partition coefficient (Wildman–Crippen LogP) is 0.575. The Kier molecular flexibility index (Phi) is 1.19. The van der Waals surface area contributed by atoms with Crippen LogP contribution in [0.2, 0.25) is 0 Å². The molecule has 2 heteroatoms. The van der Waals surface area contributed by atoms with E-state index in [2.05, 4.69) is 10.6 Å². The highest BCUT2D eigenvalue weighted by Crippen LogP contribution is 2.24. The Morgan fingerprint density at radius 2 is 2.22 bits per heavy atom. The fraction of sp³-hybridized carbons (Fsp3) is 0.714. The molecule has 0 aromatic carbocycles. The number of hydrogen-bond donors (Lipinski definition) is 2. The summed E-state index contributed by atoms with van der Waals surface area (Å²) < 4.78 is 0. The molecule has 0 aromatic rings. The van der Waals surface area contributed by atoms with E-state index < -0.39 is 0 Å². The SMILES string of the molecule is C1CC2=C(C1)NCNC2. The van der Waals surface area contributed by atoms with Crippen LogP contribution in [0.15, 0.2) is 11.3 Å². The lowest BCUT2D eigenvalue weighted by molar-refractivity contribution is 0.616. The first-order chi connectivity index (χ1) is 4.47. The molecule has 0 atom stereocenters. The van der Waals surface area contributed by atoms with Crippen LogP contribution >= 0.6 is 0 Å². The van der Waals surface area contributed by atoms with Gasteiger partial charge in [0.2, 0.25) is 0 Å². The van der Waals surface area contributed by atoms with Crippen molar-refractivity contribution in [3.05, 3.63) is 11.3 Å². The molecule has 2 nitrogen and oxygen atoms in total. The van der Waals surface area contributed by atoms with Gasteiger partial charge in [0.15, 0.2) is 0 Å². The van der Waals surface area contributed by atoms with E-state index in [4.69, 9.17) is 0 Å². The van der Waals surface area contributed by atoms with Crippen LogP contribution in [0.25, 0.3) is 0 Å². The first kappa shape index (κ1) is 5.30. The van der Waals surface area contributed by atoms with Gasteiger partial charge in [-0.05, 0) is 24.8 Å². The molecule has 0 spiro atoms. The zero-order valence-corrected chi connectivity index (χ0v) is 5.54. The van der Waals surface area contributed by atoms with E-state index in [1.165, 1.54) is 25.0 Å². The normalized spacial score (nSPS) is 25.8. The van der Waals surface area contributed by atoms with Crippen molar-refractivity contribution in [1.29, 1.82) is 0 Å². The molecule has 0 saturated carbocycles. The Balaban J connectivity index is 2.17. The van der Waals surface area contributed by atoms with E-state index in [-0.39, 0.29) is 0 Å². The average Bonchev–Trinajstić information content (AvgIpc) is 2.33. The Hall–Kier alpha value is -0.500. The van der Waals surface area contributed by atoms with Crippen LogP contribution in [-0.4, -0.2) is 13.2 Å². The lowest BCUT2D eigenvalue weighted by Crippen LogP contribution is -2.35. The van der Waals surface area contributed by atoms with E-state index in [1.807, 2.05) is 0 Å². The van der Waals surface area contributed by atoms with E-state index in [9.17, 15) is 0 Å². The Labute approximate surface area is 55.3 Å². The maximum atomic E-state index is 3.35. The second-order valence-electron chi connectivity index (χ2n) is 2.72. The number of rotatable bonds is 0. The van der Waals surface area contributed by atoms with Crippen LogP contribution < -0.4 is 10.6 Å². The summed E-state index contributed by atoms with van der Waals surface area (Å²) in [6.07, 6.45) is 3.96. The number of allylic oxidation sites excluding steroid dienone is 1. The Morgan fingerprint density at radius 3 is 3.11 bits per heavy atom. The van der Waals surface area contributed by atoms with Gasteiger partial charge in [0.05, 0.1) is 6.67 Å². The quantitative estimate of drug-likeness (QED) is 0.493. The Bertz CT molecular complexity index is 133. The predicted molar refractivity (Wildman–Crippen MR) is 36.9 cm³/mol. The van der Waals surface area contributed by atoms with Crippen molar-refractivity contribution in [1.82, 2.24) is 10.6 Å². The number of nitrogens with one attached hydrogen (secondary N) is 2. The summed E-state index contributed by atoms with van der Waals surface area (Å²) in [5.41, 5.74) is 3.13. The second-order valence-corrected chi connectivity index (χ2v) is 2.72. The van der Waals surface area contributed by atoms with E-state index >= 15 is 0 Å². The summed E-state index contributed by atoms with van der Waals surface area (Å²) in [5, 5.41) is 6.64. The standard InChI is InChI=1S/C7H12N2/c1-2-6-4-8-5-9-7(6)3-1/h8-9H,1-5H2. The van der Waals surface area contributed by atoms with Crippen molar-refractivity contribution < 1.29 is 0 Å². The van der Waals surface area contributed by atoms with E-state index in [0.29, 0.717) is 0 Å². The first-order valence-electron chi connectivity index (χ1n) is 3.62. The van der Waals surface area contributed by atoms with Gasteiger partial charge in [-0.2, -0.15) is 0 Å². The summed E-state index contributed by atoms with van der Waals surface area (Å²) in [7, 11) is 0. The monoisotopic (exact) mass is 124 g/mol. The van der Waals surface area contributed by atoms with Crippen molar-refractivity contribution in [2.24, 2.45) is 0 Å². The minimum Gasteiger partial charge on any atom is -0.376 e. The molecule has 1 aliphatic heterocycles. The van der Waals surface area contributed by atoms with Crippen molar-refractivity contribution in [3.8, 4) is 0 Å². The highest BCUT2D eigenvalue weighted by molar-refractivity contribution is 5.21. The fourth-order valence-electron chi connectivity index (χ4n) is 1.60. The highest BCUT2D eigenvalue weighted by Gasteiger charge is 2.15. The van der Waals surface area contributed by atoms with Gasteiger partial charge in [-0.3, -0.25) is 5.32 Å². The summed E-state index contributed by atoms with van der Waals surface area (Å²) >= 11 is 0. The number of hydrogen-bond acceptors (Lipinski definition) is 2. The van der Waals surface area contributed by atoms with Crippen LogP contribution in [0.3, 0.4) is 0 Å². The van der Waals surface area contributed by atoms with Crippen LogP contribution in [0.5, 0.6) is 0 Å². The van der Waals surface area contributed by atoms with Crippen LogP contribution in [0.4, 0.5) is 0 Å². The molecule has 0 bridgehead atoms. The molecule has 1 aliphatic carbocycles. The molecule has 0 aromatic heterocycles. The van der Waals surface area contributed by atoms with Gasteiger partial charge in [0.25, 0.3) is 0 Å². The molecule has 2 rings (SSSR count). The molecule has 0 radical (unpaired) electrons. The second kappa shape index (κ2) is 2.03. The lowest BCUT2D eigenvalue weighted by Gasteiger charge is -2.17. The fourth-order valence-corrected chi connectivity index (χ4v) is 1.60. The van der Waals surface area contributed by atoms with Gasteiger partial charge in [-0.25, -0.2) is 0 Å². The minimum atomic E-state index is 0.971. The summed E-state index contributed by atoms with van der Waals surface area (Å²) in [5.74, 6) is 0. The van der Waals surface area contributed by atoms with Crippen LogP contribution in [-0.2, 0) is 0 Å². The maximum Gasteiger partial charge on any atom is 0.0652 e. The topological polar surface area (TPSA) is 24.1 Å². The maximum absolute atomic E-state index is 3.35. The minimum absolute atomic E-state index is 0.971. The molecule has 0 unspecified atom stereocenters. The third-order valence-electron chi connectivity index (χ3n) is 2.10. The van der Waals surface area contributed by atoms with Gasteiger partial charge >= 0.3 is 0 Å². The van der Waals surface area contributed by atoms with Gasteiger partial charge in [0.1, 0.15) is 0 Å². The van der Waals surface area contributed by atoms with Crippen molar-refractivity contribution in [3.63, 3.8) is 0 Å². The summed E-state index contributed by atoms with van der Waals surface area (Å²) in [6.45, 7) is 2.10. The van der Waals surface area contributed by atoms with Crippen molar-refractivity contribution in [2.75, 3.05) is 13.2 Å². The molecule has 2 aliphatic rings. The van der Waals surface area contributed by atoms with Gasteiger partial charge < -0.3 is 5.32 Å². The molecular weight excluding hydrogens is 112 g/mol. The molecule has 2 N–H and O–H groups in total. The van der Waals surface area contributed by atoms with Gasteiger partial charge in [-0.1, -0.05) is 0 Å². The zero-order chi connectivity index (χ0) is 6.10. The van der Waals surface area contributed by atoms with Gasteiger partial charge in [0, 0.05) is 12.2 Å². The van der Waals surface area contributed by atoms with E-state index in [1.54, 1.807) is 5.57 Å². The van der Waals surface area contributed by atoms with Crippen LogP contribution in [0.1, 0.15) is 19.3 Å². The molecule has 9 heavy (non-hydrogen) atoms. The summed E-state index contributed by atoms with van der Waals surface area (Å²) in [6, 6.07) is 0. The summed E-state index contributed by atoms with van der Waals surface area (Å²) in [4.78, 5) is 0. The molecule has 50 valence electrons. The lowest BCUT2D eigenvalue weighted by atomic mass is 10.2. The van der Waals surface area contributed by atoms with Crippen LogP contribution in [0, 0.1) is 0 Å². The zero-order valence-electron chi connectivity index (χ0n) is 5.54. The van der Waals surface area contributed by atoms with E-state index in [0.717, 1.165) is 13.2 Å². The molecule has 0 fully saturated rings. The molecule has 1 heterocycles. The largest absolute Gasteiger partial charge is 0.376 e. The average molecular weight is 124 g/mol. The molecular formula is C7H12N2. The van der Waals surface area contributed by atoms with Crippen molar-refractivity contribution in [2.45, 2.75) is 19.3 Å². The molecule has 0 amide bonds. The molecule has 0 saturated heterocycles.